The number of carbonyl (C=O) groups excluding carboxylic acids is 2. The molecule has 0 atom stereocenters. The van der Waals surface area contributed by atoms with Gasteiger partial charge in [0.15, 0.2) is 12.4 Å². The maximum atomic E-state index is 12.4. The van der Waals surface area contributed by atoms with Crippen molar-refractivity contribution in [3.8, 4) is 0 Å². The molecule has 0 aliphatic carbocycles. The highest BCUT2D eigenvalue weighted by Crippen LogP contribution is 2.24. The summed E-state index contributed by atoms with van der Waals surface area (Å²) in [5, 5.41) is 6.17. The summed E-state index contributed by atoms with van der Waals surface area (Å²) in [5.74, 6) is -0.740. The van der Waals surface area contributed by atoms with Crippen LogP contribution in [-0.4, -0.2) is 11.8 Å². The number of amides is 2. The lowest BCUT2D eigenvalue weighted by Gasteiger charge is -2.12. The number of hydrogen-bond donors (Lipinski definition) is 3. The number of rotatable bonds is 6. The summed E-state index contributed by atoms with van der Waals surface area (Å²) in [6.07, 6.45) is 3.26. The lowest BCUT2D eigenvalue weighted by Crippen LogP contribution is -2.40. The molecule has 130 valence electrons. The zero-order valence-corrected chi connectivity index (χ0v) is 14.1. The minimum atomic E-state index is -0.530. The molecule has 1 aromatic heterocycles. The normalized spacial score (nSPS) is 10.2. The molecule has 0 fully saturated rings. The van der Waals surface area contributed by atoms with Crippen LogP contribution in [0.25, 0.3) is 0 Å². The molecule has 0 bridgehead atoms. The average Bonchev–Trinajstić information content (AvgIpc) is 2.64. The first kappa shape index (κ1) is 17.2. The maximum Gasteiger partial charge on any atom is 0.290 e. The molecular formula is C20H19N4O2+. The average molecular weight is 347 g/mol. The fraction of sp³-hybridized carbons (Fsp3) is 0.0500. The van der Waals surface area contributed by atoms with Crippen molar-refractivity contribution in [1.29, 1.82) is 0 Å². The van der Waals surface area contributed by atoms with Crippen LogP contribution in [0.4, 0.5) is 17.1 Å². The summed E-state index contributed by atoms with van der Waals surface area (Å²) in [4.78, 5) is 23.6. The van der Waals surface area contributed by atoms with Crippen LogP contribution < -0.4 is 20.9 Å². The van der Waals surface area contributed by atoms with Crippen LogP contribution in [0.1, 0.15) is 10.4 Å². The van der Waals surface area contributed by atoms with Gasteiger partial charge in [-0.05, 0) is 30.3 Å². The Labute approximate surface area is 151 Å². The molecule has 0 saturated heterocycles. The quantitative estimate of drug-likeness (QED) is 0.599. The van der Waals surface area contributed by atoms with Crippen LogP contribution >= 0.6 is 0 Å². The van der Waals surface area contributed by atoms with Gasteiger partial charge in [0.1, 0.15) is 5.56 Å². The molecule has 0 spiro atoms. The summed E-state index contributed by atoms with van der Waals surface area (Å²) in [5.41, 5.74) is 8.02. The van der Waals surface area contributed by atoms with Crippen LogP contribution in [0.5, 0.6) is 0 Å². The first-order valence-electron chi connectivity index (χ1n) is 8.12. The first-order chi connectivity index (χ1) is 12.6. The van der Waals surface area contributed by atoms with Gasteiger partial charge in [-0.3, -0.25) is 9.59 Å². The molecule has 4 N–H and O–H groups in total. The molecule has 6 heteroatoms. The second kappa shape index (κ2) is 7.94. The standard InChI is InChI=1S/C20H18N4O2/c21-20(26)15-7-6-12-24(13-15)14-19(25)23-18-11-5-4-10-17(18)22-16-8-2-1-3-9-16/h1-13,22H,14H2,(H2-,21,23,25,26)/p+1. The number of primary amides is 1. The van der Waals surface area contributed by atoms with Gasteiger partial charge in [-0.1, -0.05) is 30.3 Å². The summed E-state index contributed by atoms with van der Waals surface area (Å²) in [7, 11) is 0. The van der Waals surface area contributed by atoms with E-state index in [0.717, 1.165) is 11.4 Å². The molecule has 3 rings (SSSR count). The third-order valence-electron chi connectivity index (χ3n) is 3.72. The molecule has 3 aromatic rings. The molecule has 0 aliphatic rings. The van der Waals surface area contributed by atoms with E-state index in [-0.39, 0.29) is 12.5 Å². The number of para-hydroxylation sites is 3. The van der Waals surface area contributed by atoms with E-state index >= 15 is 0 Å². The van der Waals surface area contributed by atoms with Crippen molar-refractivity contribution >= 4 is 28.9 Å². The Morgan fingerprint density at radius 2 is 1.58 bits per heavy atom. The molecule has 2 aromatic carbocycles. The van der Waals surface area contributed by atoms with Gasteiger partial charge in [0.2, 0.25) is 6.54 Å². The number of nitrogens with two attached hydrogens (primary N) is 1. The number of carbonyl (C=O) groups is 2. The van der Waals surface area contributed by atoms with Crippen molar-refractivity contribution < 1.29 is 14.2 Å². The fourth-order valence-electron chi connectivity index (χ4n) is 2.50. The number of nitrogens with zero attached hydrogens (tertiary/aromatic N) is 1. The molecule has 0 radical (unpaired) electrons. The number of aromatic nitrogens is 1. The van der Waals surface area contributed by atoms with Crippen molar-refractivity contribution in [2.45, 2.75) is 6.54 Å². The van der Waals surface area contributed by atoms with Crippen molar-refractivity contribution in [1.82, 2.24) is 0 Å². The predicted molar refractivity (Wildman–Crippen MR) is 100.0 cm³/mol. The number of anilines is 3. The smallest absolute Gasteiger partial charge is 0.290 e. The third-order valence-corrected chi connectivity index (χ3v) is 3.72. The second-order valence-electron chi connectivity index (χ2n) is 5.71. The van der Waals surface area contributed by atoms with Gasteiger partial charge in [-0.25, -0.2) is 0 Å². The van der Waals surface area contributed by atoms with E-state index in [1.165, 1.54) is 0 Å². The van der Waals surface area contributed by atoms with Crippen molar-refractivity contribution in [2.75, 3.05) is 10.6 Å². The van der Waals surface area contributed by atoms with E-state index in [9.17, 15) is 9.59 Å². The van der Waals surface area contributed by atoms with Crippen LogP contribution in [-0.2, 0) is 11.3 Å². The van der Waals surface area contributed by atoms with Crippen LogP contribution in [0.2, 0.25) is 0 Å². The van der Waals surface area contributed by atoms with Gasteiger partial charge in [-0.15, -0.1) is 0 Å². The van der Waals surface area contributed by atoms with E-state index in [1.54, 1.807) is 29.1 Å². The summed E-state index contributed by atoms with van der Waals surface area (Å²) in [6, 6.07) is 20.5. The van der Waals surface area contributed by atoms with Crippen molar-refractivity contribution in [3.63, 3.8) is 0 Å². The Morgan fingerprint density at radius 1 is 0.885 bits per heavy atom. The topological polar surface area (TPSA) is 88.1 Å². The largest absolute Gasteiger partial charge is 0.365 e. The van der Waals surface area contributed by atoms with Gasteiger partial charge in [0, 0.05) is 11.8 Å². The summed E-state index contributed by atoms with van der Waals surface area (Å²) >= 11 is 0. The Balaban J connectivity index is 1.72. The zero-order valence-electron chi connectivity index (χ0n) is 14.1. The fourth-order valence-corrected chi connectivity index (χ4v) is 2.50. The molecule has 0 aliphatic heterocycles. The predicted octanol–water partition coefficient (Wildman–Crippen LogP) is 2.46. The lowest BCUT2D eigenvalue weighted by atomic mass is 10.2. The second-order valence-corrected chi connectivity index (χ2v) is 5.71. The third kappa shape index (κ3) is 4.45. The number of pyridine rings is 1. The number of benzene rings is 2. The van der Waals surface area contributed by atoms with Crippen molar-refractivity contribution in [2.24, 2.45) is 5.73 Å². The van der Waals surface area contributed by atoms with Gasteiger partial charge < -0.3 is 16.4 Å². The molecule has 2 amide bonds. The SMILES string of the molecule is NC(=O)c1ccc[n+](CC(=O)Nc2ccccc2Nc2ccccc2)c1. The van der Waals surface area contributed by atoms with Gasteiger partial charge in [-0.2, -0.15) is 4.57 Å². The number of hydrogen-bond acceptors (Lipinski definition) is 3. The molecule has 0 saturated carbocycles. The summed E-state index contributed by atoms with van der Waals surface area (Å²) in [6.45, 7) is 0.0702. The first-order valence-corrected chi connectivity index (χ1v) is 8.12. The molecule has 1 heterocycles. The number of nitrogens with one attached hydrogen (secondary N) is 2. The van der Waals surface area contributed by atoms with Gasteiger partial charge in [0.25, 0.3) is 11.8 Å². The minimum Gasteiger partial charge on any atom is -0.365 e. The Hall–Kier alpha value is -3.67. The Kier molecular flexibility index (Phi) is 5.24. The molecule has 26 heavy (non-hydrogen) atoms. The maximum absolute atomic E-state index is 12.4. The molecule has 6 nitrogen and oxygen atoms in total. The highest BCUT2D eigenvalue weighted by Gasteiger charge is 2.13. The molecule has 0 unspecified atom stereocenters. The van der Waals surface area contributed by atoms with Crippen LogP contribution in [0, 0.1) is 0 Å². The van der Waals surface area contributed by atoms with E-state index in [0.29, 0.717) is 11.3 Å². The Morgan fingerprint density at radius 3 is 2.31 bits per heavy atom. The van der Waals surface area contributed by atoms with Gasteiger partial charge >= 0.3 is 0 Å². The van der Waals surface area contributed by atoms with E-state index in [4.69, 9.17) is 5.73 Å². The summed E-state index contributed by atoms with van der Waals surface area (Å²) < 4.78 is 1.61. The van der Waals surface area contributed by atoms with Crippen molar-refractivity contribution in [3.05, 3.63) is 84.7 Å². The highest BCUT2D eigenvalue weighted by atomic mass is 16.2. The highest BCUT2D eigenvalue weighted by molar-refractivity contribution is 5.94. The Bertz CT molecular complexity index is 926. The zero-order chi connectivity index (χ0) is 18.4. The van der Waals surface area contributed by atoms with E-state index in [2.05, 4.69) is 10.6 Å². The lowest BCUT2D eigenvalue weighted by molar-refractivity contribution is -0.684. The van der Waals surface area contributed by atoms with E-state index in [1.807, 2.05) is 54.6 Å². The monoisotopic (exact) mass is 347 g/mol. The van der Waals surface area contributed by atoms with E-state index < -0.39 is 5.91 Å². The van der Waals surface area contributed by atoms with Crippen LogP contribution in [0.15, 0.2) is 79.1 Å². The van der Waals surface area contributed by atoms with Crippen LogP contribution in [0.3, 0.4) is 0 Å². The minimum absolute atomic E-state index is 0.0702. The van der Waals surface area contributed by atoms with Gasteiger partial charge in [0.05, 0.1) is 11.4 Å². The molecular weight excluding hydrogens is 328 g/mol.